The molecule has 2 N–H and O–H groups in total. The highest BCUT2D eigenvalue weighted by molar-refractivity contribution is 7.89. The van der Waals surface area contributed by atoms with Crippen LogP contribution in [0.15, 0.2) is 59.6 Å². The highest BCUT2D eigenvalue weighted by Crippen LogP contribution is 2.18. The molecule has 0 aliphatic heterocycles. The molecule has 0 unspecified atom stereocenters. The molecule has 0 saturated carbocycles. The fourth-order valence-corrected chi connectivity index (χ4v) is 4.98. The number of carbonyl (C=O) groups excluding carboxylic acids is 2. The molecule has 2 amide bonds. The van der Waals surface area contributed by atoms with E-state index in [0.717, 1.165) is 0 Å². The molecule has 1 aromatic heterocycles. The van der Waals surface area contributed by atoms with Gasteiger partial charge in [0.05, 0.1) is 28.0 Å². The van der Waals surface area contributed by atoms with Crippen LogP contribution in [0.25, 0.3) is 5.69 Å². The Morgan fingerprint density at radius 1 is 1.00 bits per heavy atom. The summed E-state index contributed by atoms with van der Waals surface area (Å²) in [6, 6.07) is 11.3. The summed E-state index contributed by atoms with van der Waals surface area (Å²) >= 11 is 0. The zero-order valence-electron chi connectivity index (χ0n) is 19.1. The highest BCUT2D eigenvalue weighted by atomic mass is 32.2. The lowest BCUT2D eigenvalue weighted by molar-refractivity contribution is 0.0846. The summed E-state index contributed by atoms with van der Waals surface area (Å²) in [5.74, 6) is -1.65. The van der Waals surface area contributed by atoms with Gasteiger partial charge in [0.25, 0.3) is 11.8 Å². The third kappa shape index (κ3) is 5.15. The number of aromatic nitrogens is 2. The average molecular weight is 488 g/mol. The second kappa shape index (κ2) is 10.6. The van der Waals surface area contributed by atoms with Gasteiger partial charge in [-0.2, -0.15) is 9.40 Å². The van der Waals surface area contributed by atoms with E-state index in [1.165, 1.54) is 51.6 Å². The van der Waals surface area contributed by atoms with E-state index in [1.54, 1.807) is 26.0 Å². The van der Waals surface area contributed by atoms with Gasteiger partial charge >= 0.3 is 0 Å². The van der Waals surface area contributed by atoms with Gasteiger partial charge in [0.1, 0.15) is 5.82 Å². The van der Waals surface area contributed by atoms with Crippen molar-refractivity contribution in [3.8, 4) is 5.69 Å². The van der Waals surface area contributed by atoms with E-state index in [9.17, 15) is 22.4 Å². The standard InChI is InChI=1S/C23H26FN5O4S/c1-4-21-20(15-25-29(21)18-12-10-17(24)11-13-18)23(31)27-26-22(30)16-8-7-9-19(14-16)34(32,33)28(5-2)6-3/h7-15H,4-6H2,1-3H3,(H,26,30)(H,27,31). The minimum Gasteiger partial charge on any atom is -0.267 e. The van der Waals surface area contributed by atoms with Crippen LogP contribution in [0.3, 0.4) is 0 Å². The largest absolute Gasteiger partial charge is 0.273 e. The number of hydrogen-bond donors (Lipinski definition) is 2. The number of halogens is 1. The van der Waals surface area contributed by atoms with Gasteiger partial charge in [-0.05, 0) is 48.9 Å². The van der Waals surface area contributed by atoms with E-state index >= 15 is 0 Å². The molecule has 3 rings (SSSR count). The molecular weight excluding hydrogens is 461 g/mol. The van der Waals surface area contributed by atoms with Crippen molar-refractivity contribution in [3.05, 3.63) is 77.4 Å². The van der Waals surface area contributed by atoms with Crippen molar-refractivity contribution in [2.75, 3.05) is 13.1 Å². The number of hydrogen-bond acceptors (Lipinski definition) is 5. The van der Waals surface area contributed by atoms with Crippen LogP contribution in [0, 0.1) is 5.82 Å². The summed E-state index contributed by atoms with van der Waals surface area (Å²) in [7, 11) is -3.74. The number of hydrazine groups is 1. The lowest BCUT2D eigenvalue weighted by Crippen LogP contribution is -2.42. The van der Waals surface area contributed by atoms with Gasteiger partial charge in [-0.3, -0.25) is 20.4 Å². The van der Waals surface area contributed by atoms with Crippen LogP contribution in [-0.4, -0.2) is 47.4 Å². The maximum atomic E-state index is 13.2. The molecule has 11 heteroatoms. The first-order valence-electron chi connectivity index (χ1n) is 10.8. The first kappa shape index (κ1) is 25.1. The quantitative estimate of drug-likeness (QED) is 0.475. The van der Waals surface area contributed by atoms with Gasteiger partial charge in [-0.1, -0.05) is 26.8 Å². The predicted octanol–water partition coefficient (Wildman–Crippen LogP) is 2.68. The van der Waals surface area contributed by atoms with Gasteiger partial charge < -0.3 is 0 Å². The van der Waals surface area contributed by atoms with Crippen molar-refractivity contribution < 1.29 is 22.4 Å². The summed E-state index contributed by atoms with van der Waals surface area (Å²) in [6.07, 6.45) is 1.82. The molecule has 2 aromatic carbocycles. The molecule has 0 atom stereocenters. The summed E-state index contributed by atoms with van der Waals surface area (Å²) in [4.78, 5) is 25.3. The van der Waals surface area contributed by atoms with Crippen LogP contribution in [0.1, 0.15) is 47.2 Å². The summed E-state index contributed by atoms with van der Waals surface area (Å²) < 4.78 is 41.5. The Balaban J connectivity index is 1.75. The van der Waals surface area contributed by atoms with Crippen molar-refractivity contribution in [2.24, 2.45) is 0 Å². The van der Waals surface area contributed by atoms with E-state index in [1.807, 2.05) is 6.92 Å². The Hall–Kier alpha value is -3.57. The first-order chi connectivity index (χ1) is 16.2. The molecule has 0 radical (unpaired) electrons. The first-order valence-corrected chi connectivity index (χ1v) is 12.2. The smallest absolute Gasteiger partial charge is 0.267 e. The molecule has 9 nitrogen and oxygen atoms in total. The van der Waals surface area contributed by atoms with E-state index in [4.69, 9.17) is 0 Å². The molecule has 34 heavy (non-hydrogen) atoms. The molecule has 180 valence electrons. The van der Waals surface area contributed by atoms with E-state index in [2.05, 4.69) is 16.0 Å². The van der Waals surface area contributed by atoms with Crippen molar-refractivity contribution in [1.29, 1.82) is 0 Å². The molecule has 0 aliphatic rings. The molecule has 1 heterocycles. The predicted molar refractivity (Wildman–Crippen MR) is 124 cm³/mol. The van der Waals surface area contributed by atoms with Crippen LogP contribution in [0.2, 0.25) is 0 Å². The van der Waals surface area contributed by atoms with Gasteiger partial charge in [-0.15, -0.1) is 0 Å². The van der Waals surface area contributed by atoms with Gasteiger partial charge in [-0.25, -0.2) is 17.5 Å². The number of sulfonamides is 1. The zero-order valence-corrected chi connectivity index (χ0v) is 19.9. The van der Waals surface area contributed by atoms with E-state index in [0.29, 0.717) is 30.9 Å². The van der Waals surface area contributed by atoms with Crippen LogP contribution in [0.5, 0.6) is 0 Å². The van der Waals surface area contributed by atoms with Crippen molar-refractivity contribution >= 4 is 21.8 Å². The number of rotatable bonds is 8. The Bertz CT molecular complexity index is 1280. The molecule has 3 aromatic rings. The van der Waals surface area contributed by atoms with Crippen LogP contribution in [-0.2, 0) is 16.4 Å². The summed E-state index contributed by atoms with van der Waals surface area (Å²) in [5.41, 5.74) is 6.13. The number of nitrogens with zero attached hydrogens (tertiary/aromatic N) is 3. The minimum absolute atomic E-state index is 0.0102. The van der Waals surface area contributed by atoms with Gasteiger partial charge in [0, 0.05) is 18.7 Å². The Morgan fingerprint density at radius 2 is 1.65 bits per heavy atom. The molecule has 0 fully saturated rings. The van der Waals surface area contributed by atoms with Crippen LogP contribution >= 0.6 is 0 Å². The lowest BCUT2D eigenvalue weighted by atomic mass is 10.2. The van der Waals surface area contributed by atoms with Crippen molar-refractivity contribution in [2.45, 2.75) is 32.1 Å². The Labute approximate surface area is 197 Å². The molecule has 0 aliphatic carbocycles. The lowest BCUT2D eigenvalue weighted by Gasteiger charge is -2.18. The normalized spacial score (nSPS) is 11.4. The third-order valence-electron chi connectivity index (χ3n) is 5.25. The SMILES string of the molecule is CCc1c(C(=O)NNC(=O)c2cccc(S(=O)(=O)N(CC)CC)c2)cnn1-c1ccc(F)cc1. The second-order valence-electron chi connectivity index (χ2n) is 7.27. The fourth-order valence-electron chi connectivity index (χ4n) is 3.47. The maximum absolute atomic E-state index is 13.2. The number of benzene rings is 2. The van der Waals surface area contributed by atoms with E-state index in [-0.39, 0.29) is 21.8 Å². The van der Waals surface area contributed by atoms with Crippen molar-refractivity contribution in [3.63, 3.8) is 0 Å². The molecule has 0 saturated heterocycles. The zero-order chi connectivity index (χ0) is 24.9. The highest BCUT2D eigenvalue weighted by Gasteiger charge is 2.23. The van der Waals surface area contributed by atoms with Gasteiger partial charge in [0.2, 0.25) is 10.0 Å². The monoisotopic (exact) mass is 487 g/mol. The van der Waals surface area contributed by atoms with Crippen LogP contribution in [0.4, 0.5) is 4.39 Å². The van der Waals surface area contributed by atoms with E-state index < -0.39 is 21.8 Å². The Morgan fingerprint density at radius 3 is 2.26 bits per heavy atom. The molecule has 0 bridgehead atoms. The number of carbonyl (C=O) groups is 2. The maximum Gasteiger partial charge on any atom is 0.273 e. The molecule has 0 spiro atoms. The third-order valence-corrected chi connectivity index (χ3v) is 7.29. The number of amides is 2. The van der Waals surface area contributed by atoms with Gasteiger partial charge in [0.15, 0.2) is 0 Å². The van der Waals surface area contributed by atoms with Crippen LogP contribution < -0.4 is 10.9 Å². The Kier molecular flexibility index (Phi) is 7.79. The summed E-state index contributed by atoms with van der Waals surface area (Å²) in [6.45, 7) is 5.91. The minimum atomic E-state index is -3.74. The molecular formula is C23H26FN5O4S. The fraction of sp³-hybridized carbons (Fsp3) is 0.261. The topological polar surface area (TPSA) is 113 Å². The second-order valence-corrected chi connectivity index (χ2v) is 9.21. The number of nitrogens with one attached hydrogen (secondary N) is 2. The summed E-state index contributed by atoms with van der Waals surface area (Å²) in [5, 5.41) is 4.21. The average Bonchev–Trinajstić information content (AvgIpc) is 3.27. The van der Waals surface area contributed by atoms with Crippen molar-refractivity contribution in [1.82, 2.24) is 24.9 Å².